The molecule has 0 saturated carbocycles. The van der Waals surface area contributed by atoms with E-state index < -0.39 is 11.9 Å². The first kappa shape index (κ1) is 15.0. The molecule has 0 radical (unpaired) electrons. The van der Waals surface area contributed by atoms with Crippen LogP contribution in [0.1, 0.15) is 43.0 Å². The highest BCUT2D eigenvalue weighted by molar-refractivity contribution is 6.02. The lowest BCUT2D eigenvalue weighted by Crippen LogP contribution is -2.13. The monoisotopic (exact) mass is 282 g/mol. The number of aryl methyl sites for hydroxylation is 4. The summed E-state index contributed by atoms with van der Waals surface area (Å²) in [6.45, 7) is 7.75. The van der Waals surface area contributed by atoms with Crippen LogP contribution in [-0.4, -0.2) is 11.9 Å². The van der Waals surface area contributed by atoms with E-state index in [1.807, 2.05) is 39.8 Å². The number of benzene rings is 2. The van der Waals surface area contributed by atoms with E-state index in [9.17, 15) is 9.59 Å². The minimum Gasteiger partial charge on any atom is -0.386 e. The summed E-state index contributed by atoms with van der Waals surface area (Å²) < 4.78 is 4.93. The molecule has 108 valence electrons. The molecule has 0 aliphatic carbocycles. The molecule has 3 heteroatoms. The molecule has 0 atom stereocenters. The predicted molar refractivity (Wildman–Crippen MR) is 81.6 cm³/mol. The van der Waals surface area contributed by atoms with Crippen LogP contribution in [0.15, 0.2) is 36.4 Å². The summed E-state index contributed by atoms with van der Waals surface area (Å²) in [4.78, 5) is 24.0. The van der Waals surface area contributed by atoms with Gasteiger partial charge in [0.05, 0.1) is 11.1 Å². The van der Waals surface area contributed by atoms with Crippen LogP contribution in [-0.2, 0) is 4.74 Å². The van der Waals surface area contributed by atoms with E-state index >= 15 is 0 Å². The van der Waals surface area contributed by atoms with Gasteiger partial charge in [-0.3, -0.25) is 0 Å². The van der Waals surface area contributed by atoms with Gasteiger partial charge in [-0.2, -0.15) is 0 Å². The first-order chi connectivity index (χ1) is 9.88. The largest absolute Gasteiger partial charge is 0.386 e. The number of ether oxygens (including phenoxy) is 1. The van der Waals surface area contributed by atoms with Crippen molar-refractivity contribution in [2.45, 2.75) is 27.7 Å². The molecule has 0 aromatic heterocycles. The van der Waals surface area contributed by atoms with Gasteiger partial charge in [-0.1, -0.05) is 12.1 Å². The molecule has 2 aromatic carbocycles. The standard InChI is InChI=1S/C18H18O3/c1-11-5-7-15(9-13(11)3)17(19)21-18(20)16-8-6-12(2)14(4)10-16/h5-10H,1-4H3. The highest BCUT2D eigenvalue weighted by atomic mass is 16.6. The lowest BCUT2D eigenvalue weighted by Gasteiger charge is -2.07. The van der Waals surface area contributed by atoms with Gasteiger partial charge in [0.2, 0.25) is 0 Å². The molecule has 2 aromatic rings. The fraction of sp³-hybridized carbons (Fsp3) is 0.222. The van der Waals surface area contributed by atoms with Crippen LogP contribution in [0.3, 0.4) is 0 Å². The summed E-state index contributed by atoms with van der Waals surface area (Å²) in [7, 11) is 0. The quantitative estimate of drug-likeness (QED) is 0.619. The molecule has 0 aliphatic rings. The Morgan fingerprint density at radius 2 is 1.05 bits per heavy atom. The van der Waals surface area contributed by atoms with Crippen molar-refractivity contribution in [2.24, 2.45) is 0 Å². The normalized spacial score (nSPS) is 10.3. The second-order valence-electron chi connectivity index (χ2n) is 5.28. The van der Waals surface area contributed by atoms with Crippen molar-refractivity contribution in [3.63, 3.8) is 0 Å². The third-order valence-corrected chi connectivity index (χ3v) is 3.67. The summed E-state index contributed by atoms with van der Waals surface area (Å²) in [5.74, 6) is -1.25. The van der Waals surface area contributed by atoms with E-state index in [0.29, 0.717) is 11.1 Å². The second-order valence-corrected chi connectivity index (χ2v) is 5.28. The molecule has 0 aliphatic heterocycles. The fourth-order valence-electron chi connectivity index (χ4n) is 1.94. The van der Waals surface area contributed by atoms with Gasteiger partial charge >= 0.3 is 11.9 Å². The average molecular weight is 282 g/mol. The molecule has 0 N–H and O–H groups in total. The van der Waals surface area contributed by atoms with Crippen molar-refractivity contribution < 1.29 is 14.3 Å². The van der Waals surface area contributed by atoms with Crippen LogP contribution in [0.4, 0.5) is 0 Å². The van der Waals surface area contributed by atoms with E-state index in [-0.39, 0.29) is 0 Å². The van der Waals surface area contributed by atoms with Gasteiger partial charge in [0.15, 0.2) is 0 Å². The smallest absolute Gasteiger partial charge is 0.346 e. The van der Waals surface area contributed by atoms with Gasteiger partial charge in [0.1, 0.15) is 0 Å². The highest BCUT2D eigenvalue weighted by Crippen LogP contribution is 2.14. The van der Waals surface area contributed by atoms with Gasteiger partial charge in [-0.15, -0.1) is 0 Å². The zero-order chi connectivity index (χ0) is 15.6. The SMILES string of the molecule is Cc1ccc(C(=O)OC(=O)c2ccc(C)c(C)c2)cc1C. The molecular formula is C18H18O3. The van der Waals surface area contributed by atoms with E-state index in [4.69, 9.17) is 4.74 Å². The van der Waals surface area contributed by atoms with Crippen molar-refractivity contribution in [2.75, 3.05) is 0 Å². The number of carbonyl (C=O) groups excluding carboxylic acids is 2. The Morgan fingerprint density at radius 3 is 1.38 bits per heavy atom. The van der Waals surface area contributed by atoms with Crippen molar-refractivity contribution in [1.29, 1.82) is 0 Å². The Kier molecular flexibility index (Phi) is 4.22. The maximum absolute atomic E-state index is 12.0. The summed E-state index contributed by atoms with van der Waals surface area (Å²) in [5.41, 5.74) is 4.93. The van der Waals surface area contributed by atoms with Crippen LogP contribution < -0.4 is 0 Å². The Morgan fingerprint density at radius 1 is 0.667 bits per heavy atom. The van der Waals surface area contributed by atoms with Gasteiger partial charge in [-0.25, -0.2) is 9.59 Å². The summed E-state index contributed by atoms with van der Waals surface area (Å²) in [5, 5.41) is 0. The minimum absolute atomic E-state index is 0.385. The van der Waals surface area contributed by atoms with Crippen LogP contribution >= 0.6 is 0 Å². The summed E-state index contributed by atoms with van der Waals surface area (Å²) in [6, 6.07) is 10.5. The zero-order valence-corrected chi connectivity index (χ0v) is 12.7. The second kappa shape index (κ2) is 5.92. The number of carbonyl (C=O) groups is 2. The number of esters is 2. The molecular weight excluding hydrogens is 264 g/mol. The Bertz CT molecular complexity index is 653. The van der Waals surface area contributed by atoms with Gasteiger partial charge in [0, 0.05) is 0 Å². The molecule has 0 unspecified atom stereocenters. The predicted octanol–water partition coefficient (Wildman–Crippen LogP) is 3.92. The Hall–Kier alpha value is -2.42. The molecule has 0 amide bonds. The molecule has 0 spiro atoms. The molecule has 0 fully saturated rings. The fourth-order valence-corrected chi connectivity index (χ4v) is 1.94. The molecule has 0 heterocycles. The van der Waals surface area contributed by atoms with Crippen molar-refractivity contribution >= 4 is 11.9 Å². The van der Waals surface area contributed by atoms with Crippen molar-refractivity contribution in [3.8, 4) is 0 Å². The molecule has 2 rings (SSSR count). The number of rotatable bonds is 2. The first-order valence-electron chi connectivity index (χ1n) is 6.79. The third kappa shape index (κ3) is 3.37. The number of hydrogen-bond donors (Lipinski definition) is 0. The van der Waals surface area contributed by atoms with E-state index in [1.54, 1.807) is 24.3 Å². The molecule has 21 heavy (non-hydrogen) atoms. The average Bonchev–Trinajstić information content (AvgIpc) is 2.44. The lowest BCUT2D eigenvalue weighted by atomic mass is 10.1. The highest BCUT2D eigenvalue weighted by Gasteiger charge is 2.15. The van der Waals surface area contributed by atoms with Gasteiger partial charge in [0.25, 0.3) is 0 Å². The van der Waals surface area contributed by atoms with Gasteiger partial charge in [-0.05, 0) is 74.2 Å². The van der Waals surface area contributed by atoms with E-state index in [1.165, 1.54) is 0 Å². The van der Waals surface area contributed by atoms with Crippen molar-refractivity contribution in [1.82, 2.24) is 0 Å². The maximum atomic E-state index is 12.0. The zero-order valence-electron chi connectivity index (χ0n) is 12.7. The topological polar surface area (TPSA) is 43.4 Å². The summed E-state index contributed by atoms with van der Waals surface area (Å²) >= 11 is 0. The van der Waals surface area contributed by atoms with Crippen LogP contribution in [0.5, 0.6) is 0 Å². The molecule has 3 nitrogen and oxygen atoms in total. The first-order valence-corrected chi connectivity index (χ1v) is 6.79. The molecule has 0 saturated heterocycles. The van der Waals surface area contributed by atoms with Crippen molar-refractivity contribution in [3.05, 3.63) is 69.8 Å². The van der Waals surface area contributed by atoms with Crippen LogP contribution in [0.2, 0.25) is 0 Å². The Balaban J connectivity index is 2.16. The molecule has 0 bridgehead atoms. The minimum atomic E-state index is -0.624. The maximum Gasteiger partial charge on any atom is 0.346 e. The van der Waals surface area contributed by atoms with Crippen LogP contribution in [0, 0.1) is 27.7 Å². The van der Waals surface area contributed by atoms with Gasteiger partial charge < -0.3 is 4.74 Å². The van der Waals surface area contributed by atoms with E-state index in [2.05, 4.69) is 0 Å². The number of hydrogen-bond acceptors (Lipinski definition) is 3. The lowest BCUT2D eigenvalue weighted by molar-refractivity contribution is 0.0397. The Labute approximate surface area is 124 Å². The third-order valence-electron chi connectivity index (χ3n) is 3.67. The summed E-state index contributed by atoms with van der Waals surface area (Å²) in [6.07, 6.45) is 0. The van der Waals surface area contributed by atoms with Crippen LogP contribution in [0.25, 0.3) is 0 Å². The van der Waals surface area contributed by atoms with E-state index in [0.717, 1.165) is 22.3 Å².